The largest absolute Gasteiger partial charge is 0.421 e. The molecule has 2 heterocycles. The minimum Gasteiger partial charge on any atom is -0.421 e. The number of hydrogen-bond donors (Lipinski definition) is 2. The lowest BCUT2D eigenvalue weighted by Gasteiger charge is -2.09. The van der Waals surface area contributed by atoms with Crippen molar-refractivity contribution in [3.8, 4) is 10.6 Å². The Labute approximate surface area is 151 Å². The van der Waals surface area contributed by atoms with Gasteiger partial charge in [0.1, 0.15) is 5.01 Å². The fourth-order valence-corrected chi connectivity index (χ4v) is 4.56. The lowest BCUT2D eigenvalue weighted by Crippen LogP contribution is -2.08. The van der Waals surface area contributed by atoms with Crippen molar-refractivity contribution in [1.82, 2.24) is 4.98 Å². The predicted octanol–water partition coefficient (Wildman–Crippen LogP) is 3.36. The van der Waals surface area contributed by atoms with E-state index in [9.17, 15) is 17.8 Å². The van der Waals surface area contributed by atoms with Crippen molar-refractivity contribution in [2.75, 3.05) is 12.4 Å². The van der Waals surface area contributed by atoms with Gasteiger partial charge in [-0.05, 0) is 30.3 Å². The van der Waals surface area contributed by atoms with E-state index in [1.165, 1.54) is 30.5 Å². The maximum atomic E-state index is 12.5. The van der Waals surface area contributed by atoms with E-state index in [4.69, 9.17) is 4.42 Å². The number of benzene rings is 2. The first kappa shape index (κ1) is 16.7. The highest BCUT2D eigenvalue weighted by atomic mass is 32.2. The molecule has 0 amide bonds. The second-order valence-corrected chi connectivity index (χ2v) is 7.91. The Kier molecular flexibility index (Phi) is 3.79. The van der Waals surface area contributed by atoms with Gasteiger partial charge in [-0.3, -0.25) is 4.55 Å². The first-order chi connectivity index (χ1) is 12.4. The molecule has 0 saturated carbocycles. The van der Waals surface area contributed by atoms with Crippen LogP contribution in [0.3, 0.4) is 0 Å². The van der Waals surface area contributed by atoms with Gasteiger partial charge in [-0.1, -0.05) is 12.1 Å². The van der Waals surface area contributed by atoms with E-state index in [1.807, 2.05) is 24.3 Å². The van der Waals surface area contributed by atoms with Gasteiger partial charge in [-0.15, -0.1) is 11.3 Å². The van der Waals surface area contributed by atoms with E-state index in [1.54, 1.807) is 6.07 Å². The molecule has 9 heteroatoms. The number of nitrogens with one attached hydrogen (secondary N) is 1. The summed E-state index contributed by atoms with van der Waals surface area (Å²) in [5.41, 5.74) is 0.202. The molecular formula is C17H12N2O5S2. The Morgan fingerprint density at radius 2 is 1.96 bits per heavy atom. The van der Waals surface area contributed by atoms with Crippen LogP contribution in [0.5, 0.6) is 0 Å². The molecule has 4 aromatic rings. The number of para-hydroxylation sites is 1. The lowest BCUT2D eigenvalue weighted by atomic mass is 10.1. The second kappa shape index (κ2) is 5.90. The van der Waals surface area contributed by atoms with Gasteiger partial charge in [-0.25, -0.2) is 9.78 Å². The minimum atomic E-state index is -4.60. The third-order valence-corrected chi connectivity index (χ3v) is 5.90. The third-order valence-electron chi connectivity index (χ3n) is 3.91. The van der Waals surface area contributed by atoms with Gasteiger partial charge in [0.05, 0.1) is 21.5 Å². The van der Waals surface area contributed by atoms with Crippen LogP contribution in [0.1, 0.15) is 0 Å². The Bertz CT molecular complexity index is 1290. The van der Waals surface area contributed by atoms with Crippen LogP contribution < -0.4 is 10.9 Å². The van der Waals surface area contributed by atoms with Crippen molar-refractivity contribution in [3.05, 3.63) is 52.9 Å². The summed E-state index contributed by atoms with van der Waals surface area (Å²) in [6.45, 7) is 0. The van der Waals surface area contributed by atoms with E-state index in [0.29, 0.717) is 10.4 Å². The summed E-state index contributed by atoms with van der Waals surface area (Å²) in [6.07, 6.45) is 0. The number of aromatic nitrogens is 1. The van der Waals surface area contributed by atoms with Crippen molar-refractivity contribution in [3.63, 3.8) is 0 Å². The highest BCUT2D eigenvalue weighted by Crippen LogP contribution is 2.33. The number of fused-ring (bicyclic) bond motifs is 2. The maximum Gasteiger partial charge on any atom is 0.346 e. The molecule has 0 saturated heterocycles. The topological polar surface area (TPSA) is 110 Å². The van der Waals surface area contributed by atoms with Gasteiger partial charge < -0.3 is 9.73 Å². The average molecular weight is 388 g/mol. The zero-order chi connectivity index (χ0) is 18.5. The summed E-state index contributed by atoms with van der Waals surface area (Å²) in [6, 6.07) is 12.1. The number of nitrogens with zero attached hydrogens (tertiary/aromatic N) is 1. The second-order valence-electron chi connectivity index (χ2n) is 5.52. The van der Waals surface area contributed by atoms with Crippen LogP contribution in [0.2, 0.25) is 0 Å². The number of hydrogen-bond acceptors (Lipinski definition) is 7. The molecule has 0 spiro atoms. The SMILES string of the molecule is CNc1ccc2cc(-c3nc4ccccc4s3)c(=O)oc2c1S(=O)(=O)O. The van der Waals surface area contributed by atoms with Crippen LogP contribution in [-0.2, 0) is 10.1 Å². The van der Waals surface area contributed by atoms with Gasteiger partial charge in [0.25, 0.3) is 10.1 Å². The Morgan fingerprint density at radius 3 is 2.65 bits per heavy atom. The molecule has 0 unspecified atom stereocenters. The monoisotopic (exact) mass is 388 g/mol. The van der Waals surface area contributed by atoms with E-state index >= 15 is 0 Å². The smallest absolute Gasteiger partial charge is 0.346 e. The van der Waals surface area contributed by atoms with Crippen LogP contribution >= 0.6 is 11.3 Å². The number of rotatable bonds is 3. The summed E-state index contributed by atoms with van der Waals surface area (Å²) in [4.78, 5) is 16.5. The molecule has 0 bridgehead atoms. The molecule has 0 fully saturated rings. The van der Waals surface area contributed by atoms with Crippen LogP contribution in [-0.4, -0.2) is 25.0 Å². The van der Waals surface area contributed by atoms with E-state index in [0.717, 1.165) is 10.2 Å². The van der Waals surface area contributed by atoms with Crippen molar-refractivity contribution >= 4 is 48.3 Å². The fourth-order valence-electron chi connectivity index (χ4n) is 2.75. The summed E-state index contributed by atoms with van der Waals surface area (Å²) >= 11 is 1.34. The summed E-state index contributed by atoms with van der Waals surface area (Å²) in [7, 11) is -3.09. The van der Waals surface area contributed by atoms with Gasteiger partial charge in [0, 0.05) is 12.4 Å². The van der Waals surface area contributed by atoms with Gasteiger partial charge in [0.15, 0.2) is 10.5 Å². The first-order valence-electron chi connectivity index (χ1n) is 7.50. The van der Waals surface area contributed by atoms with Crippen molar-refractivity contribution in [2.24, 2.45) is 0 Å². The number of anilines is 1. The zero-order valence-electron chi connectivity index (χ0n) is 13.4. The molecule has 2 aromatic carbocycles. The van der Waals surface area contributed by atoms with Crippen LogP contribution in [0, 0.1) is 0 Å². The molecule has 0 aliphatic rings. The summed E-state index contributed by atoms with van der Waals surface area (Å²) < 4.78 is 39.2. The van der Waals surface area contributed by atoms with Crippen LogP contribution in [0.25, 0.3) is 31.8 Å². The van der Waals surface area contributed by atoms with Crippen molar-refractivity contribution in [2.45, 2.75) is 4.90 Å². The Hall–Kier alpha value is -2.75. The lowest BCUT2D eigenvalue weighted by molar-refractivity contribution is 0.480. The molecule has 2 aromatic heterocycles. The molecular weight excluding hydrogens is 376 g/mol. The molecule has 7 nitrogen and oxygen atoms in total. The molecule has 0 radical (unpaired) electrons. The molecule has 2 N–H and O–H groups in total. The molecule has 0 aliphatic heterocycles. The summed E-state index contributed by atoms with van der Waals surface area (Å²) in [5, 5.41) is 3.51. The Morgan fingerprint density at radius 1 is 1.19 bits per heavy atom. The van der Waals surface area contributed by atoms with Gasteiger partial charge in [-0.2, -0.15) is 8.42 Å². The summed E-state index contributed by atoms with van der Waals surface area (Å²) in [5.74, 6) is 0. The zero-order valence-corrected chi connectivity index (χ0v) is 15.0. The van der Waals surface area contributed by atoms with E-state index in [-0.39, 0.29) is 16.8 Å². The molecule has 132 valence electrons. The van der Waals surface area contributed by atoms with Crippen LogP contribution in [0.15, 0.2) is 56.6 Å². The van der Waals surface area contributed by atoms with E-state index < -0.39 is 20.6 Å². The predicted molar refractivity (Wildman–Crippen MR) is 100 cm³/mol. The standard InChI is InChI=1S/C17H12N2O5S2/c1-18-12-7-6-9-8-10(16-19-11-4-2-3-5-13(11)25-16)17(20)24-14(9)15(12)26(21,22)23/h2-8,18H,1H3,(H,21,22,23). The van der Waals surface area contributed by atoms with Gasteiger partial charge in [0.2, 0.25) is 0 Å². The van der Waals surface area contributed by atoms with E-state index in [2.05, 4.69) is 10.3 Å². The average Bonchev–Trinajstić information content (AvgIpc) is 3.03. The highest BCUT2D eigenvalue weighted by molar-refractivity contribution is 7.86. The third kappa shape index (κ3) is 2.66. The number of thiazole rings is 1. The first-order valence-corrected chi connectivity index (χ1v) is 9.76. The molecule has 0 atom stereocenters. The normalized spacial score (nSPS) is 11.9. The molecule has 26 heavy (non-hydrogen) atoms. The molecule has 4 rings (SSSR count). The Balaban J connectivity index is 2.02. The fraction of sp³-hybridized carbons (Fsp3) is 0.0588. The molecule has 0 aliphatic carbocycles. The van der Waals surface area contributed by atoms with Crippen LogP contribution in [0.4, 0.5) is 5.69 Å². The maximum absolute atomic E-state index is 12.5. The van der Waals surface area contributed by atoms with Crippen molar-refractivity contribution in [1.29, 1.82) is 0 Å². The quantitative estimate of drug-likeness (QED) is 0.409. The van der Waals surface area contributed by atoms with Crippen molar-refractivity contribution < 1.29 is 17.4 Å². The minimum absolute atomic E-state index is 0.135. The van der Waals surface area contributed by atoms with Gasteiger partial charge >= 0.3 is 5.63 Å². The highest BCUT2D eigenvalue weighted by Gasteiger charge is 2.23.